The SMILES string of the molecule is CC(C)C(N)c1nc(-c2cccnc2)no1.Cl. The summed E-state index contributed by atoms with van der Waals surface area (Å²) >= 11 is 0. The molecule has 0 radical (unpaired) electrons. The van der Waals surface area contributed by atoms with E-state index in [0.29, 0.717) is 11.7 Å². The predicted octanol–water partition coefficient (Wildman–Crippen LogP) is 2.21. The van der Waals surface area contributed by atoms with Gasteiger partial charge >= 0.3 is 0 Å². The first-order valence-corrected chi connectivity index (χ1v) is 5.18. The highest BCUT2D eigenvalue weighted by Crippen LogP contribution is 2.20. The average molecular weight is 255 g/mol. The number of rotatable bonds is 3. The van der Waals surface area contributed by atoms with Crippen molar-refractivity contribution in [2.45, 2.75) is 19.9 Å². The summed E-state index contributed by atoms with van der Waals surface area (Å²) in [5.41, 5.74) is 6.74. The zero-order valence-electron chi connectivity index (χ0n) is 9.70. The summed E-state index contributed by atoms with van der Waals surface area (Å²) in [4.78, 5) is 8.26. The average Bonchev–Trinajstić information content (AvgIpc) is 2.78. The highest BCUT2D eigenvalue weighted by atomic mass is 35.5. The summed E-state index contributed by atoms with van der Waals surface area (Å²) in [5.74, 6) is 1.26. The zero-order chi connectivity index (χ0) is 11.5. The van der Waals surface area contributed by atoms with Crippen molar-refractivity contribution >= 4 is 12.4 Å². The summed E-state index contributed by atoms with van der Waals surface area (Å²) in [6, 6.07) is 3.48. The molecule has 0 aromatic carbocycles. The van der Waals surface area contributed by atoms with Crippen LogP contribution in [0.5, 0.6) is 0 Å². The van der Waals surface area contributed by atoms with Crippen LogP contribution < -0.4 is 5.73 Å². The van der Waals surface area contributed by atoms with Crippen molar-refractivity contribution in [3.63, 3.8) is 0 Å². The quantitative estimate of drug-likeness (QED) is 0.909. The van der Waals surface area contributed by atoms with E-state index < -0.39 is 0 Å². The maximum atomic E-state index is 5.92. The maximum absolute atomic E-state index is 5.92. The molecule has 0 bridgehead atoms. The van der Waals surface area contributed by atoms with Crippen molar-refractivity contribution in [1.82, 2.24) is 15.1 Å². The van der Waals surface area contributed by atoms with Gasteiger partial charge in [-0.15, -0.1) is 12.4 Å². The minimum atomic E-state index is -0.224. The van der Waals surface area contributed by atoms with E-state index in [1.807, 2.05) is 26.0 Å². The molecule has 2 heterocycles. The van der Waals surface area contributed by atoms with E-state index in [2.05, 4.69) is 15.1 Å². The van der Waals surface area contributed by atoms with Crippen molar-refractivity contribution < 1.29 is 4.52 Å². The van der Waals surface area contributed by atoms with Crippen LogP contribution in [-0.4, -0.2) is 15.1 Å². The molecule has 0 saturated heterocycles. The Balaban J connectivity index is 0.00000144. The third kappa shape index (κ3) is 3.01. The van der Waals surface area contributed by atoms with Gasteiger partial charge in [-0.25, -0.2) is 0 Å². The van der Waals surface area contributed by atoms with Crippen LogP contribution in [0.4, 0.5) is 0 Å². The van der Waals surface area contributed by atoms with Crippen LogP contribution in [0.1, 0.15) is 25.8 Å². The lowest BCUT2D eigenvalue weighted by atomic mass is 10.1. The van der Waals surface area contributed by atoms with E-state index in [9.17, 15) is 0 Å². The molecular formula is C11H15ClN4O. The monoisotopic (exact) mass is 254 g/mol. The lowest BCUT2D eigenvalue weighted by Gasteiger charge is -2.09. The van der Waals surface area contributed by atoms with Crippen LogP contribution in [0.3, 0.4) is 0 Å². The van der Waals surface area contributed by atoms with Gasteiger partial charge in [0.15, 0.2) is 0 Å². The van der Waals surface area contributed by atoms with Crippen LogP contribution in [0.25, 0.3) is 11.4 Å². The molecule has 0 aliphatic heterocycles. The number of hydrogen-bond donors (Lipinski definition) is 1. The van der Waals surface area contributed by atoms with E-state index in [4.69, 9.17) is 10.3 Å². The van der Waals surface area contributed by atoms with E-state index in [1.165, 1.54) is 0 Å². The number of nitrogens with two attached hydrogens (primary N) is 1. The molecule has 0 aliphatic carbocycles. The highest BCUT2D eigenvalue weighted by molar-refractivity contribution is 5.85. The Hall–Kier alpha value is -1.46. The lowest BCUT2D eigenvalue weighted by molar-refractivity contribution is 0.325. The molecule has 6 heteroatoms. The van der Waals surface area contributed by atoms with Crippen LogP contribution in [0.15, 0.2) is 29.0 Å². The minimum absolute atomic E-state index is 0. The van der Waals surface area contributed by atoms with Gasteiger partial charge in [0.25, 0.3) is 0 Å². The van der Waals surface area contributed by atoms with Crippen molar-refractivity contribution in [2.24, 2.45) is 11.7 Å². The van der Waals surface area contributed by atoms with Gasteiger partial charge in [0.2, 0.25) is 11.7 Å². The topological polar surface area (TPSA) is 77.8 Å². The van der Waals surface area contributed by atoms with Gasteiger partial charge in [0, 0.05) is 18.0 Å². The molecule has 2 rings (SSSR count). The zero-order valence-corrected chi connectivity index (χ0v) is 10.5. The molecule has 2 aromatic heterocycles. The van der Waals surface area contributed by atoms with Crippen LogP contribution >= 0.6 is 12.4 Å². The van der Waals surface area contributed by atoms with Gasteiger partial charge in [-0.1, -0.05) is 19.0 Å². The number of pyridine rings is 1. The summed E-state index contributed by atoms with van der Waals surface area (Å²) in [7, 11) is 0. The molecule has 92 valence electrons. The second-order valence-corrected chi connectivity index (χ2v) is 3.97. The largest absolute Gasteiger partial charge is 0.337 e. The summed E-state index contributed by atoms with van der Waals surface area (Å²) < 4.78 is 5.13. The molecule has 0 saturated carbocycles. The second-order valence-electron chi connectivity index (χ2n) is 3.97. The highest BCUT2D eigenvalue weighted by Gasteiger charge is 2.18. The fourth-order valence-electron chi connectivity index (χ4n) is 1.27. The molecule has 1 unspecified atom stereocenters. The van der Waals surface area contributed by atoms with E-state index in [1.54, 1.807) is 12.4 Å². The van der Waals surface area contributed by atoms with Crippen LogP contribution in [0.2, 0.25) is 0 Å². The molecule has 17 heavy (non-hydrogen) atoms. The third-order valence-electron chi connectivity index (χ3n) is 2.36. The lowest BCUT2D eigenvalue weighted by Crippen LogP contribution is -2.16. The minimum Gasteiger partial charge on any atom is -0.337 e. The standard InChI is InChI=1S/C11H14N4O.ClH/c1-7(2)9(12)11-14-10(15-16-11)8-4-3-5-13-6-8;/h3-7,9H,12H2,1-2H3;1H. The van der Waals surface area contributed by atoms with Gasteiger partial charge in [-0.05, 0) is 18.1 Å². The second kappa shape index (κ2) is 5.75. The smallest absolute Gasteiger partial charge is 0.244 e. The van der Waals surface area contributed by atoms with Crippen molar-refractivity contribution in [3.05, 3.63) is 30.4 Å². The molecular weight excluding hydrogens is 240 g/mol. The van der Waals surface area contributed by atoms with E-state index in [0.717, 1.165) is 5.56 Å². The van der Waals surface area contributed by atoms with Gasteiger partial charge < -0.3 is 10.3 Å². The number of halogens is 1. The molecule has 0 fully saturated rings. The molecule has 0 amide bonds. The Morgan fingerprint density at radius 3 is 2.71 bits per heavy atom. The van der Waals surface area contributed by atoms with E-state index >= 15 is 0 Å². The number of hydrogen-bond acceptors (Lipinski definition) is 5. The summed E-state index contributed by atoms with van der Waals surface area (Å²) in [5, 5.41) is 3.88. The fraction of sp³-hybridized carbons (Fsp3) is 0.364. The van der Waals surface area contributed by atoms with Gasteiger partial charge in [-0.3, -0.25) is 4.98 Å². The molecule has 1 atom stereocenters. The molecule has 0 aliphatic rings. The van der Waals surface area contributed by atoms with E-state index in [-0.39, 0.29) is 24.4 Å². The first-order chi connectivity index (χ1) is 7.68. The van der Waals surface area contributed by atoms with Crippen molar-refractivity contribution in [2.75, 3.05) is 0 Å². The van der Waals surface area contributed by atoms with Crippen LogP contribution in [0, 0.1) is 5.92 Å². The first-order valence-electron chi connectivity index (χ1n) is 5.18. The van der Waals surface area contributed by atoms with Gasteiger partial charge in [0.1, 0.15) is 0 Å². The molecule has 0 spiro atoms. The third-order valence-corrected chi connectivity index (χ3v) is 2.36. The molecule has 2 N–H and O–H groups in total. The summed E-state index contributed by atoms with van der Waals surface area (Å²) in [6.07, 6.45) is 3.39. The molecule has 2 aromatic rings. The van der Waals surface area contributed by atoms with Crippen LogP contribution in [-0.2, 0) is 0 Å². The Morgan fingerprint density at radius 2 is 2.12 bits per heavy atom. The first kappa shape index (κ1) is 13.6. The van der Waals surface area contributed by atoms with Crippen molar-refractivity contribution in [3.8, 4) is 11.4 Å². The number of aromatic nitrogens is 3. The predicted molar refractivity (Wildman–Crippen MR) is 66.5 cm³/mol. The van der Waals surface area contributed by atoms with Gasteiger partial charge in [0.05, 0.1) is 6.04 Å². The summed E-state index contributed by atoms with van der Waals surface area (Å²) in [6.45, 7) is 4.03. The molecule has 5 nitrogen and oxygen atoms in total. The normalized spacial score (nSPS) is 12.2. The fourth-order valence-corrected chi connectivity index (χ4v) is 1.27. The maximum Gasteiger partial charge on any atom is 0.244 e. The number of nitrogens with zero attached hydrogens (tertiary/aromatic N) is 3. The Labute approximate surface area is 106 Å². The van der Waals surface area contributed by atoms with Gasteiger partial charge in [-0.2, -0.15) is 4.98 Å². The van der Waals surface area contributed by atoms with Crippen molar-refractivity contribution in [1.29, 1.82) is 0 Å². The Morgan fingerprint density at radius 1 is 1.35 bits per heavy atom. The Kier molecular flexibility index (Phi) is 4.60. The Bertz CT molecular complexity index is 458.